The second kappa shape index (κ2) is 11.6. The van der Waals surface area contributed by atoms with Crippen LogP contribution in [0.25, 0.3) is 0 Å². The average molecular weight is 545 g/mol. The van der Waals surface area contributed by atoms with E-state index in [0.717, 1.165) is 57.5 Å². The minimum Gasteiger partial charge on any atom is -0.380 e. The van der Waals surface area contributed by atoms with Crippen molar-refractivity contribution in [2.24, 2.45) is 0 Å². The third kappa shape index (κ3) is 5.93. The van der Waals surface area contributed by atoms with Gasteiger partial charge in [-0.1, -0.05) is 41.9 Å². The number of piperidine rings is 1. The Morgan fingerprint density at radius 1 is 0.973 bits per heavy atom. The Morgan fingerprint density at radius 3 is 2.24 bits per heavy atom. The van der Waals surface area contributed by atoms with E-state index in [1.165, 1.54) is 0 Å². The minimum absolute atomic E-state index is 0. The van der Waals surface area contributed by atoms with Crippen molar-refractivity contribution in [1.29, 1.82) is 0 Å². The summed E-state index contributed by atoms with van der Waals surface area (Å²) in [6.07, 6.45) is 3.93. The van der Waals surface area contributed by atoms with Crippen LogP contribution in [0.2, 0.25) is 5.02 Å². The van der Waals surface area contributed by atoms with Crippen LogP contribution in [0.3, 0.4) is 0 Å². The second-order valence-corrected chi connectivity index (χ2v) is 10.9. The monoisotopic (exact) mass is 544 g/mol. The molecule has 3 aliphatic rings. The van der Waals surface area contributed by atoms with Crippen molar-refractivity contribution in [2.75, 3.05) is 44.6 Å². The number of carbonyl (C=O) groups excluding carboxylic acids is 2. The zero-order chi connectivity index (χ0) is 25.3. The van der Waals surface area contributed by atoms with E-state index < -0.39 is 5.60 Å². The number of hydrogen-bond donors (Lipinski definition) is 2. The van der Waals surface area contributed by atoms with Gasteiger partial charge < -0.3 is 20.2 Å². The molecule has 0 saturated carbocycles. The van der Waals surface area contributed by atoms with Gasteiger partial charge in [0.15, 0.2) is 5.60 Å². The summed E-state index contributed by atoms with van der Waals surface area (Å²) in [6, 6.07) is 15.6. The molecule has 9 heteroatoms. The predicted octanol–water partition coefficient (Wildman–Crippen LogP) is 3.68. The predicted molar refractivity (Wildman–Crippen MR) is 152 cm³/mol. The Kier molecular flexibility index (Phi) is 8.74. The summed E-state index contributed by atoms with van der Waals surface area (Å²) in [5, 5.41) is 14.9. The number of likely N-dealkylation sites (tertiary alicyclic amines) is 3. The molecule has 2 aromatic carbocycles. The van der Waals surface area contributed by atoms with Crippen molar-refractivity contribution >= 4 is 42.6 Å². The minimum atomic E-state index is -1.50. The van der Waals surface area contributed by atoms with E-state index in [9.17, 15) is 14.7 Å². The van der Waals surface area contributed by atoms with E-state index in [-0.39, 0.29) is 25.3 Å². The van der Waals surface area contributed by atoms with Gasteiger partial charge in [0, 0.05) is 51.0 Å². The molecule has 0 radical (unpaired) electrons. The number of amides is 2. The lowest BCUT2D eigenvalue weighted by atomic mass is 9.92. The summed E-state index contributed by atoms with van der Waals surface area (Å²) in [6.45, 7) is 6.40. The van der Waals surface area contributed by atoms with Gasteiger partial charge in [-0.3, -0.25) is 14.5 Å². The summed E-state index contributed by atoms with van der Waals surface area (Å²) in [4.78, 5) is 31.8. The molecule has 5 rings (SSSR count). The standard InChI is InChI=1S/C28H35ClN4O3.H2S/c1-28(36,20-7-3-2-4-8-20)27(35)32-15-11-23(12-16-32)33-18-22(19-33)30-21-9-10-24(25(29)17-21)26(34)31-13-5-6-14-31;/h2-4,7-10,17,22-23,30,36H,5-6,11-16,18-19H2,1H3;1H2/t28-;/m0./s1. The quantitative estimate of drug-likeness (QED) is 0.580. The number of halogens is 1. The normalized spacial score (nSPS) is 20.6. The molecule has 7 nitrogen and oxygen atoms in total. The second-order valence-electron chi connectivity index (χ2n) is 10.5. The number of nitrogens with zero attached hydrogens (tertiary/aromatic N) is 3. The SMILES string of the molecule is C[C@@](O)(C(=O)N1CCC(N2CC(Nc3ccc(C(=O)N4CCCC4)c(Cl)c3)C2)CC1)c1ccccc1.S. The fraction of sp³-hybridized carbons (Fsp3) is 0.500. The fourth-order valence-electron chi connectivity index (χ4n) is 5.63. The summed E-state index contributed by atoms with van der Waals surface area (Å²) in [5.74, 6) is -0.201. The highest BCUT2D eigenvalue weighted by Gasteiger charge is 2.40. The smallest absolute Gasteiger partial charge is 0.258 e. The van der Waals surface area contributed by atoms with E-state index in [1.807, 2.05) is 41.3 Å². The molecule has 2 aromatic rings. The maximum absolute atomic E-state index is 13.0. The van der Waals surface area contributed by atoms with Crippen molar-refractivity contribution in [3.8, 4) is 0 Å². The zero-order valence-electron chi connectivity index (χ0n) is 21.3. The van der Waals surface area contributed by atoms with Gasteiger partial charge in [-0.05, 0) is 56.4 Å². The lowest BCUT2D eigenvalue weighted by Gasteiger charge is -2.48. The first-order valence-corrected chi connectivity index (χ1v) is 13.4. The van der Waals surface area contributed by atoms with Crippen molar-refractivity contribution in [2.45, 2.75) is 50.3 Å². The summed E-state index contributed by atoms with van der Waals surface area (Å²) in [5.41, 5.74) is 0.635. The Balaban J connectivity index is 0.00000320. The van der Waals surface area contributed by atoms with Gasteiger partial charge in [-0.25, -0.2) is 0 Å². The highest BCUT2D eigenvalue weighted by Crippen LogP contribution is 2.29. The number of benzene rings is 2. The lowest BCUT2D eigenvalue weighted by molar-refractivity contribution is -0.152. The third-order valence-electron chi connectivity index (χ3n) is 7.89. The molecule has 0 spiro atoms. The van der Waals surface area contributed by atoms with E-state index >= 15 is 0 Å². The number of nitrogens with one attached hydrogen (secondary N) is 1. The average Bonchev–Trinajstić information content (AvgIpc) is 3.41. The lowest BCUT2D eigenvalue weighted by Crippen LogP contribution is -2.61. The van der Waals surface area contributed by atoms with Crippen molar-refractivity contribution in [1.82, 2.24) is 14.7 Å². The molecular weight excluding hydrogens is 508 g/mol. The molecule has 0 bridgehead atoms. The highest BCUT2D eigenvalue weighted by molar-refractivity contribution is 7.59. The molecule has 3 aliphatic heterocycles. The molecule has 0 aromatic heterocycles. The Bertz CT molecular complexity index is 1100. The van der Waals surface area contributed by atoms with E-state index in [2.05, 4.69) is 10.2 Å². The summed E-state index contributed by atoms with van der Waals surface area (Å²) >= 11 is 6.46. The molecular formula is C28H37ClN4O3S. The van der Waals surface area contributed by atoms with Crippen LogP contribution in [0.15, 0.2) is 48.5 Å². The number of anilines is 1. The molecule has 0 aliphatic carbocycles. The van der Waals surface area contributed by atoms with Gasteiger partial charge in [0.1, 0.15) is 0 Å². The van der Waals surface area contributed by atoms with E-state index in [4.69, 9.17) is 11.6 Å². The first kappa shape index (κ1) is 27.8. The molecule has 3 heterocycles. The number of aliphatic hydroxyl groups is 1. The highest BCUT2D eigenvalue weighted by atomic mass is 35.5. The third-order valence-corrected chi connectivity index (χ3v) is 8.21. The Morgan fingerprint density at radius 2 is 1.62 bits per heavy atom. The molecule has 200 valence electrons. The van der Waals surface area contributed by atoms with E-state index in [0.29, 0.717) is 41.3 Å². The molecule has 3 fully saturated rings. The van der Waals surface area contributed by atoms with Gasteiger partial charge in [-0.15, -0.1) is 0 Å². The van der Waals surface area contributed by atoms with Crippen LogP contribution in [-0.2, 0) is 10.4 Å². The van der Waals surface area contributed by atoms with E-state index in [1.54, 1.807) is 24.0 Å². The van der Waals surface area contributed by atoms with Crippen molar-refractivity contribution < 1.29 is 14.7 Å². The molecule has 3 saturated heterocycles. The van der Waals surface area contributed by atoms with Gasteiger partial charge in [0.25, 0.3) is 11.8 Å². The zero-order valence-corrected chi connectivity index (χ0v) is 23.1. The van der Waals surface area contributed by atoms with Crippen LogP contribution < -0.4 is 5.32 Å². The van der Waals surface area contributed by atoms with Crippen LogP contribution in [0, 0.1) is 0 Å². The van der Waals surface area contributed by atoms with Gasteiger partial charge >= 0.3 is 0 Å². The topological polar surface area (TPSA) is 76.1 Å². The maximum Gasteiger partial charge on any atom is 0.258 e. The number of rotatable bonds is 6. The fourth-order valence-corrected chi connectivity index (χ4v) is 5.90. The van der Waals surface area contributed by atoms with Gasteiger partial charge in [0.05, 0.1) is 16.6 Å². The van der Waals surface area contributed by atoms with Crippen molar-refractivity contribution in [3.05, 3.63) is 64.7 Å². The summed E-state index contributed by atoms with van der Waals surface area (Å²) < 4.78 is 0. The summed E-state index contributed by atoms with van der Waals surface area (Å²) in [7, 11) is 0. The van der Waals surface area contributed by atoms with Crippen LogP contribution in [0.1, 0.15) is 48.5 Å². The Labute approximate surface area is 231 Å². The largest absolute Gasteiger partial charge is 0.380 e. The molecule has 0 unspecified atom stereocenters. The maximum atomic E-state index is 13.0. The van der Waals surface area contributed by atoms with Crippen LogP contribution in [0.4, 0.5) is 5.69 Å². The van der Waals surface area contributed by atoms with Crippen molar-refractivity contribution in [3.63, 3.8) is 0 Å². The van der Waals surface area contributed by atoms with Gasteiger partial charge in [-0.2, -0.15) is 13.5 Å². The molecule has 2 N–H and O–H groups in total. The molecule has 2 amide bonds. The van der Waals surface area contributed by atoms with Crippen LogP contribution in [-0.4, -0.2) is 83.0 Å². The first-order chi connectivity index (χ1) is 17.3. The number of hydrogen-bond acceptors (Lipinski definition) is 5. The molecule has 1 atom stereocenters. The van der Waals surface area contributed by atoms with Crippen LogP contribution >= 0.6 is 25.1 Å². The van der Waals surface area contributed by atoms with Crippen LogP contribution in [0.5, 0.6) is 0 Å². The molecule has 37 heavy (non-hydrogen) atoms. The number of carbonyl (C=O) groups is 2. The Hall–Kier alpha value is -2.26. The van der Waals surface area contributed by atoms with Gasteiger partial charge in [0.2, 0.25) is 0 Å². The first-order valence-electron chi connectivity index (χ1n) is 13.0.